The van der Waals surface area contributed by atoms with Gasteiger partial charge in [0.25, 0.3) is 0 Å². The number of hydrogen-bond acceptors (Lipinski definition) is 9. The van der Waals surface area contributed by atoms with Crippen molar-refractivity contribution in [2.45, 2.75) is 65.3 Å². The second-order valence-electron chi connectivity index (χ2n) is 5.04. The molecule has 0 aliphatic carbocycles. The molecule has 0 aromatic carbocycles. The normalized spacial score (nSPS) is 30.0. The molecule has 0 saturated carbocycles. The summed E-state index contributed by atoms with van der Waals surface area (Å²) in [5.41, 5.74) is 0. The summed E-state index contributed by atoms with van der Waals surface area (Å²) < 4.78 is 25.7. The van der Waals surface area contributed by atoms with Gasteiger partial charge < -0.3 is 23.7 Å². The molecule has 1 fully saturated rings. The monoisotopic (exact) mass is 332 g/mol. The van der Waals surface area contributed by atoms with Crippen molar-refractivity contribution in [2.24, 2.45) is 0 Å². The van der Waals surface area contributed by atoms with Crippen LogP contribution in [0.3, 0.4) is 0 Å². The van der Waals surface area contributed by atoms with Gasteiger partial charge in [-0.1, -0.05) is 0 Å². The minimum Gasteiger partial charge on any atom is -0.456 e. The molecule has 0 unspecified atom stereocenters. The van der Waals surface area contributed by atoms with Gasteiger partial charge in [0.1, 0.15) is 0 Å². The average molecular weight is 332 g/mol. The maximum Gasteiger partial charge on any atom is 0.305 e. The van der Waals surface area contributed by atoms with Crippen LogP contribution in [0.15, 0.2) is 0 Å². The molecule has 1 aliphatic heterocycles. The molecule has 23 heavy (non-hydrogen) atoms. The van der Waals surface area contributed by atoms with Crippen molar-refractivity contribution in [2.75, 3.05) is 0 Å². The Morgan fingerprint density at radius 2 is 1.04 bits per heavy atom. The van der Waals surface area contributed by atoms with Crippen LogP contribution in [0, 0.1) is 0 Å². The first kappa shape index (κ1) is 18.9. The minimum absolute atomic E-state index is 0.630. The van der Waals surface area contributed by atoms with Crippen molar-refractivity contribution < 1.29 is 42.9 Å². The molecule has 0 radical (unpaired) electrons. The highest BCUT2D eigenvalue weighted by atomic mass is 16.7. The standard InChI is InChI=1S/C14H20O9/c1-6-11(20-7(2)15)12(21-8(3)16)13(22-9(4)17)14(19-6)23-10(5)18/h6,11-14H,1-5H3/t6-,11-,12+,13-,14-/m1/s1. The van der Waals surface area contributed by atoms with Crippen LogP contribution < -0.4 is 0 Å². The summed E-state index contributed by atoms with van der Waals surface area (Å²) in [5.74, 6) is -2.69. The molecule has 1 rings (SSSR count). The predicted octanol–water partition coefficient (Wildman–Crippen LogP) is 0.0894. The van der Waals surface area contributed by atoms with Crippen molar-refractivity contribution in [3.05, 3.63) is 0 Å². The van der Waals surface area contributed by atoms with Crippen molar-refractivity contribution in [3.8, 4) is 0 Å². The third-order valence-electron chi connectivity index (χ3n) is 2.92. The van der Waals surface area contributed by atoms with Gasteiger partial charge in [-0.2, -0.15) is 0 Å². The second kappa shape index (κ2) is 7.91. The van der Waals surface area contributed by atoms with E-state index in [1.807, 2.05) is 0 Å². The van der Waals surface area contributed by atoms with E-state index in [4.69, 9.17) is 23.7 Å². The van der Waals surface area contributed by atoms with E-state index in [-0.39, 0.29) is 0 Å². The van der Waals surface area contributed by atoms with Gasteiger partial charge in [0.05, 0.1) is 6.10 Å². The largest absolute Gasteiger partial charge is 0.456 e. The number of carbonyl (C=O) groups is 4. The zero-order valence-corrected chi connectivity index (χ0v) is 13.6. The quantitative estimate of drug-likeness (QED) is 0.521. The highest BCUT2D eigenvalue weighted by molar-refractivity contribution is 5.69. The van der Waals surface area contributed by atoms with Crippen LogP contribution in [0.5, 0.6) is 0 Å². The Kier molecular flexibility index (Phi) is 6.49. The average Bonchev–Trinajstić information content (AvgIpc) is 2.36. The van der Waals surface area contributed by atoms with Crippen molar-refractivity contribution in [1.82, 2.24) is 0 Å². The van der Waals surface area contributed by atoms with Crippen molar-refractivity contribution >= 4 is 23.9 Å². The lowest BCUT2D eigenvalue weighted by atomic mass is 9.99. The summed E-state index contributed by atoms with van der Waals surface area (Å²) in [7, 11) is 0. The lowest BCUT2D eigenvalue weighted by molar-refractivity contribution is -0.292. The number of carbonyl (C=O) groups excluding carboxylic acids is 4. The van der Waals surface area contributed by atoms with E-state index in [2.05, 4.69) is 0 Å². The molecule has 0 aromatic heterocycles. The maximum absolute atomic E-state index is 11.4. The molecule has 0 aromatic rings. The van der Waals surface area contributed by atoms with Gasteiger partial charge in [-0.25, -0.2) is 0 Å². The Morgan fingerprint density at radius 3 is 1.48 bits per heavy atom. The molecule has 130 valence electrons. The van der Waals surface area contributed by atoms with Crippen LogP contribution >= 0.6 is 0 Å². The Balaban J connectivity index is 3.15. The third-order valence-corrected chi connectivity index (χ3v) is 2.92. The van der Waals surface area contributed by atoms with Gasteiger partial charge in [-0.3, -0.25) is 19.2 Å². The molecule has 0 spiro atoms. The number of hydrogen-bond donors (Lipinski definition) is 0. The van der Waals surface area contributed by atoms with E-state index in [0.29, 0.717) is 0 Å². The molecular formula is C14H20O9. The SMILES string of the molecule is CC(=O)O[C@H]1O[C@H](C)[C@@H](OC(C)=O)[C@H](OC(C)=O)[C@H]1OC(C)=O. The molecule has 1 heterocycles. The molecule has 1 aliphatic rings. The zero-order valence-electron chi connectivity index (χ0n) is 13.6. The van der Waals surface area contributed by atoms with Crippen molar-refractivity contribution in [1.29, 1.82) is 0 Å². The second-order valence-corrected chi connectivity index (χ2v) is 5.04. The molecule has 1 saturated heterocycles. The van der Waals surface area contributed by atoms with Crippen LogP contribution in [-0.4, -0.2) is 54.6 Å². The van der Waals surface area contributed by atoms with Gasteiger partial charge in [0.2, 0.25) is 12.4 Å². The Morgan fingerprint density at radius 1 is 0.652 bits per heavy atom. The molecule has 5 atom stereocenters. The smallest absolute Gasteiger partial charge is 0.305 e. The number of rotatable bonds is 4. The molecule has 9 heteroatoms. The van der Waals surface area contributed by atoms with E-state index < -0.39 is 54.6 Å². The molecule has 0 amide bonds. The Labute approximate surface area is 133 Å². The Hall–Kier alpha value is -2.16. The van der Waals surface area contributed by atoms with Gasteiger partial charge >= 0.3 is 23.9 Å². The van der Waals surface area contributed by atoms with Gasteiger partial charge in [0, 0.05) is 27.7 Å². The minimum atomic E-state index is -1.29. The highest BCUT2D eigenvalue weighted by Crippen LogP contribution is 2.29. The van der Waals surface area contributed by atoms with Crippen LogP contribution in [0.4, 0.5) is 0 Å². The van der Waals surface area contributed by atoms with E-state index in [9.17, 15) is 19.2 Å². The fraction of sp³-hybridized carbons (Fsp3) is 0.714. The van der Waals surface area contributed by atoms with Crippen molar-refractivity contribution in [3.63, 3.8) is 0 Å². The molecule has 0 bridgehead atoms. The first-order valence-electron chi connectivity index (χ1n) is 6.96. The zero-order chi connectivity index (χ0) is 17.7. The molecule has 9 nitrogen and oxygen atoms in total. The fourth-order valence-corrected chi connectivity index (χ4v) is 2.23. The van der Waals surface area contributed by atoms with Crippen LogP contribution in [-0.2, 0) is 42.9 Å². The number of ether oxygens (including phenoxy) is 5. The fourth-order valence-electron chi connectivity index (χ4n) is 2.23. The van der Waals surface area contributed by atoms with Gasteiger partial charge in [-0.15, -0.1) is 0 Å². The van der Waals surface area contributed by atoms with E-state index in [0.717, 1.165) is 20.8 Å². The first-order chi connectivity index (χ1) is 10.6. The number of esters is 4. The molecular weight excluding hydrogens is 312 g/mol. The van der Waals surface area contributed by atoms with E-state index >= 15 is 0 Å². The summed E-state index contributed by atoms with van der Waals surface area (Å²) >= 11 is 0. The van der Waals surface area contributed by atoms with Gasteiger partial charge in [-0.05, 0) is 6.92 Å². The summed E-state index contributed by atoms with van der Waals surface area (Å²) in [6.07, 6.45) is -5.51. The van der Waals surface area contributed by atoms with Crippen LogP contribution in [0.25, 0.3) is 0 Å². The summed E-state index contributed by atoms with van der Waals surface area (Å²) in [6.45, 7) is 6.16. The van der Waals surface area contributed by atoms with Crippen LogP contribution in [0.1, 0.15) is 34.6 Å². The Bertz CT molecular complexity index is 487. The molecule has 0 N–H and O–H groups in total. The summed E-state index contributed by atoms with van der Waals surface area (Å²) in [4.78, 5) is 45.1. The summed E-state index contributed by atoms with van der Waals surface area (Å²) in [6, 6.07) is 0. The predicted molar refractivity (Wildman–Crippen MR) is 72.8 cm³/mol. The van der Waals surface area contributed by atoms with E-state index in [1.165, 1.54) is 6.92 Å². The maximum atomic E-state index is 11.4. The topological polar surface area (TPSA) is 114 Å². The highest BCUT2D eigenvalue weighted by Gasteiger charge is 2.51. The lowest BCUT2D eigenvalue weighted by Crippen LogP contribution is -2.61. The van der Waals surface area contributed by atoms with E-state index in [1.54, 1.807) is 6.92 Å². The van der Waals surface area contributed by atoms with Gasteiger partial charge in [0.15, 0.2) is 12.2 Å². The van der Waals surface area contributed by atoms with Crippen LogP contribution in [0.2, 0.25) is 0 Å². The summed E-state index contributed by atoms with van der Waals surface area (Å²) in [5, 5.41) is 0. The lowest BCUT2D eigenvalue weighted by Gasteiger charge is -2.42. The third kappa shape index (κ3) is 5.51. The first-order valence-corrected chi connectivity index (χ1v) is 6.96.